The van der Waals surface area contributed by atoms with E-state index in [4.69, 9.17) is 21.6 Å². The Bertz CT molecular complexity index is 594. The number of hydrogen-bond donors (Lipinski definition) is 0. The van der Waals surface area contributed by atoms with Crippen molar-refractivity contribution in [3.8, 4) is 6.07 Å². The average Bonchev–Trinajstić information content (AvgIpc) is 2.67. The highest BCUT2D eigenvalue weighted by Crippen LogP contribution is 2.34. The first-order valence-electron chi connectivity index (χ1n) is 5.65. The third kappa shape index (κ3) is 2.04. The van der Waals surface area contributed by atoms with Crippen LogP contribution in [0.5, 0.6) is 0 Å². The Kier molecular flexibility index (Phi) is 3.45. The number of anilines is 1. The Morgan fingerprint density at radius 2 is 2.21 bits per heavy atom. The summed E-state index contributed by atoms with van der Waals surface area (Å²) in [5.74, 6) is 0. The highest BCUT2D eigenvalue weighted by atomic mass is 35.5. The maximum absolute atomic E-state index is 11.8. The summed E-state index contributed by atoms with van der Waals surface area (Å²) in [7, 11) is 0. The molecule has 1 saturated heterocycles. The fourth-order valence-corrected chi connectivity index (χ4v) is 2.27. The van der Waals surface area contributed by atoms with E-state index < -0.39 is 18.2 Å². The fourth-order valence-electron chi connectivity index (χ4n) is 2.07. The van der Waals surface area contributed by atoms with Gasteiger partial charge in [-0.25, -0.2) is 4.79 Å². The second kappa shape index (κ2) is 4.90. The minimum atomic E-state index is -0.685. The molecule has 1 heterocycles. The summed E-state index contributed by atoms with van der Waals surface area (Å²) in [5.41, 5.74) is 1.38. The molecule has 0 unspecified atom stereocenters. The number of nitrogens with zero attached hydrogens (tertiary/aromatic N) is 2. The number of cyclic esters (lactones) is 1. The monoisotopic (exact) mass is 278 g/mol. The maximum Gasteiger partial charge on any atom is 0.415 e. The number of hydrogen-bond acceptors (Lipinski definition) is 4. The molecule has 0 N–H and O–H groups in total. The molecule has 98 valence electrons. The number of halogens is 1. The van der Waals surface area contributed by atoms with E-state index in [0.29, 0.717) is 23.1 Å². The molecular formula is C13H11ClN2O3. The van der Waals surface area contributed by atoms with Crippen molar-refractivity contribution in [3.05, 3.63) is 28.3 Å². The van der Waals surface area contributed by atoms with Gasteiger partial charge >= 0.3 is 6.09 Å². The number of aldehydes is 1. The maximum atomic E-state index is 11.8. The largest absolute Gasteiger partial charge is 0.443 e. The van der Waals surface area contributed by atoms with Crippen molar-refractivity contribution in [1.82, 2.24) is 0 Å². The van der Waals surface area contributed by atoms with E-state index >= 15 is 0 Å². The molecule has 1 aromatic rings. The van der Waals surface area contributed by atoms with Crippen LogP contribution < -0.4 is 4.90 Å². The van der Waals surface area contributed by atoms with Crippen LogP contribution in [0.3, 0.4) is 0 Å². The predicted octanol–water partition coefficient (Wildman–Crippen LogP) is 2.43. The van der Waals surface area contributed by atoms with Gasteiger partial charge in [0, 0.05) is 0 Å². The SMILES string of the molecule is Cc1c(N2C(=O)O[C@H](C)[C@@H]2C=O)ccc(C#N)c1Cl. The number of nitriles is 1. The highest BCUT2D eigenvalue weighted by molar-refractivity contribution is 6.33. The van der Waals surface area contributed by atoms with Crippen molar-refractivity contribution in [1.29, 1.82) is 5.26 Å². The lowest BCUT2D eigenvalue weighted by Crippen LogP contribution is -2.37. The molecule has 0 spiro atoms. The molecule has 0 aliphatic carbocycles. The zero-order valence-electron chi connectivity index (χ0n) is 10.4. The van der Waals surface area contributed by atoms with E-state index in [1.807, 2.05) is 6.07 Å². The topological polar surface area (TPSA) is 70.4 Å². The first-order valence-corrected chi connectivity index (χ1v) is 6.03. The quantitative estimate of drug-likeness (QED) is 0.779. The predicted molar refractivity (Wildman–Crippen MR) is 69.2 cm³/mol. The Morgan fingerprint density at radius 1 is 1.53 bits per heavy atom. The van der Waals surface area contributed by atoms with E-state index in [2.05, 4.69) is 0 Å². The summed E-state index contributed by atoms with van der Waals surface area (Å²) in [4.78, 5) is 24.2. The number of carbonyl (C=O) groups is 2. The van der Waals surface area contributed by atoms with Crippen LogP contribution in [0.1, 0.15) is 18.1 Å². The number of ether oxygens (including phenoxy) is 1. The molecule has 2 atom stereocenters. The number of amides is 1. The van der Waals surface area contributed by atoms with Crippen LogP contribution in [0, 0.1) is 18.3 Å². The molecule has 2 rings (SSSR count). The second-order valence-electron chi connectivity index (χ2n) is 4.27. The van der Waals surface area contributed by atoms with Crippen molar-refractivity contribution < 1.29 is 14.3 Å². The van der Waals surface area contributed by atoms with Crippen molar-refractivity contribution >= 4 is 29.7 Å². The Labute approximate surface area is 115 Å². The van der Waals surface area contributed by atoms with Gasteiger partial charge in [-0.15, -0.1) is 0 Å². The van der Waals surface area contributed by atoms with Crippen LogP contribution in [-0.4, -0.2) is 24.5 Å². The van der Waals surface area contributed by atoms with Gasteiger partial charge in [-0.05, 0) is 31.5 Å². The molecule has 1 aliphatic heterocycles. The van der Waals surface area contributed by atoms with Crippen molar-refractivity contribution in [2.75, 3.05) is 4.90 Å². The fraction of sp³-hybridized carbons (Fsp3) is 0.308. The lowest BCUT2D eigenvalue weighted by Gasteiger charge is -2.21. The van der Waals surface area contributed by atoms with E-state index in [0.717, 1.165) is 0 Å². The van der Waals surface area contributed by atoms with Gasteiger partial charge in [0.05, 0.1) is 16.3 Å². The summed E-state index contributed by atoms with van der Waals surface area (Å²) in [5, 5.41) is 9.17. The zero-order valence-corrected chi connectivity index (χ0v) is 11.1. The van der Waals surface area contributed by atoms with Gasteiger partial charge in [0.25, 0.3) is 0 Å². The molecule has 6 heteroatoms. The minimum Gasteiger partial charge on any atom is -0.443 e. The lowest BCUT2D eigenvalue weighted by molar-refractivity contribution is -0.109. The lowest BCUT2D eigenvalue weighted by atomic mass is 10.1. The van der Waals surface area contributed by atoms with Gasteiger partial charge < -0.3 is 9.53 Å². The molecule has 0 aromatic heterocycles. The number of rotatable bonds is 2. The van der Waals surface area contributed by atoms with Crippen molar-refractivity contribution in [2.45, 2.75) is 26.0 Å². The smallest absolute Gasteiger partial charge is 0.415 e. The van der Waals surface area contributed by atoms with Gasteiger partial charge in [0.1, 0.15) is 24.5 Å². The Hall–Kier alpha value is -2.06. The van der Waals surface area contributed by atoms with Gasteiger partial charge in [0.2, 0.25) is 0 Å². The van der Waals surface area contributed by atoms with E-state index in [-0.39, 0.29) is 5.02 Å². The molecule has 5 nitrogen and oxygen atoms in total. The van der Waals surface area contributed by atoms with Gasteiger partial charge in [-0.2, -0.15) is 5.26 Å². The molecule has 1 aliphatic rings. The van der Waals surface area contributed by atoms with Crippen molar-refractivity contribution in [3.63, 3.8) is 0 Å². The first-order chi connectivity index (χ1) is 9.01. The summed E-state index contributed by atoms with van der Waals surface area (Å²) in [6.07, 6.45) is -0.437. The Balaban J connectivity index is 2.53. The molecule has 1 aromatic carbocycles. The number of benzene rings is 1. The van der Waals surface area contributed by atoms with Crippen LogP contribution >= 0.6 is 11.6 Å². The van der Waals surface area contributed by atoms with Crippen LogP contribution in [0.25, 0.3) is 0 Å². The molecule has 1 amide bonds. The Morgan fingerprint density at radius 3 is 2.79 bits per heavy atom. The van der Waals surface area contributed by atoms with Gasteiger partial charge in [-0.1, -0.05) is 11.6 Å². The van der Waals surface area contributed by atoms with E-state index in [1.165, 1.54) is 11.0 Å². The van der Waals surface area contributed by atoms with E-state index in [1.54, 1.807) is 19.9 Å². The molecule has 0 radical (unpaired) electrons. The number of carbonyl (C=O) groups excluding carboxylic acids is 2. The summed E-state index contributed by atoms with van der Waals surface area (Å²) in [6.45, 7) is 3.34. The van der Waals surface area contributed by atoms with E-state index in [9.17, 15) is 9.59 Å². The minimum absolute atomic E-state index is 0.275. The standard InChI is InChI=1S/C13H11ClN2O3/c1-7-10(4-3-9(5-15)12(7)14)16-11(6-17)8(2)19-13(16)18/h3-4,6,8,11H,1-2H3/t8-,11+/m1/s1. The van der Waals surface area contributed by atoms with Gasteiger partial charge in [-0.3, -0.25) is 4.90 Å². The molecule has 0 saturated carbocycles. The summed E-state index contributed by atoms with van der Waals surface area (Å²) in [6, 6.07) is 4.39. The third-order valence-corrected chi connectivity index (χ3v) is 3.63. The summed E-state index contributed by atoms with van der Waals surface area (Å²) < 4.78 is 5.03. The summed E-state index contributed by atoms with van der Waals surface area (Å²) >= 11 is 6.06. The van der Waals surface area contributed by atoms with Crippen LogP contribution in [0.2, 0.25) is 5.02 Å². The zero-order chi connectivity index (χ0) is 14.2. The molecule has 19 heavy (non-hydrogen) atoms. The normalized spacial score (nSPS) is 22.0. The highest BCUT2D eigenvalue weighted by Gasteiger charge is 2.40. The molecule has 0 bridgehead atoms. The van der Waals surface area contributed by atoms with Crippen LogP contribution in [0.4, 0.5) is 10.5 Å². The first kappa shape index (κ1) is 13.4. The molecule has 1 fully saturated rings. The van der Waals surface area contributed by atoms with Crippen molar-refractivity contribution in [2.24, 2.45) is 0 Å². The van der Waals surface area contributed by atoms with Gasteiger partial charge in [0.15, 0.2) is 0 Å². The van der Waals surface area contributed by atoms with Crippen LogP contribution in [-0.2, 0) is 9.53 Å². The second-order valence-corrected chi connectivity index (χ2v) is 4.65. The third-order valence-electron chi connectivity index (χ3n) is 3.14. The van der Waals surface area contributed by atoms with Crippen LogP contribution in [0.15, 0.2) is 12.1 Å². The average molecular weight is 279 g/mol. The molecular weight excluding hydrogens is 268 g/mol.